The number of nitrogens with zero attached hydrogens (tertiary/aromatic N) is 1. The van der Waals surface area contributed by atoms with E-state index in [2.05, 4.69) is 62.4 Å². The van der Waals surface area contributed by atoms with E-state index in [1.807, 2.05) is 0 Å². The molecule has 20 heavy (non-hydrogen) atoms. The number of benzene rings is 1. The number of nitrogens with one attached hydrogen (secondary N) is 2. The third kappa shape index (κ3) is 6.11. The van der Waals surface area contributed by atoms with Crippen molar-refractivity contribution in [3.63, 3.8) is 0 Å². The van der Waals surface area contributed by atoms with Gasteiger partial charge in [-0.3, -0.25) is 0 Å². The van der Waals surface area contributed by atoms with E-state index in [1.54, 1.807) is 0 Å². The summed E-state index contributed by atoms with van der Waals surface area (Å²) in [5.74, 6) is 0.906. The molecule has 0 fully saturated rings. The molecule has 0 aliphatic carbocycles. The lowest BCUT2D eigenvalue weighted by atomic mass is 10.00. The first-order valence-corrected chi connectivity index (χ1v) is 7.17. The lowest BCUT2D eigenvalue weighted by molar-refractivity contribution is 0.784. The molecular weight excluding hydrogens is 361 g/mol. The van der Waals surface area contributed by atoms with Crippen molar-refractivity contribution < 1.29 is 0 Å². The van der Waals surface area contributed by atoms with Crippen molar-refractivity contribution >= 4 is 29.9 Å². The summed E-state index contributed by atoms with van der Waals surface area (Å²) in [5, 5.41) is 6.61. The molecule has 0 heterocycles. The SMILES string of the molecule is CCCNC(=NCc1c(C)cc(C)cc1C)NCC.I. The van der Waals surface area contributed by atoms with Gasteiger partial charge >= 0.3 is 0 Å². The molecule has 4 heteroatoms. The third-order valence-electron chi connectivity index (χ3n) is 3.12. The van der Waals surface area contributed by atoms with Gasteiger partial charge in [0.25, 0.3) is 0 Å². The number of hydrogen-bond donors (Lipinski definition) is 2. The maximum absolute atomic E-state index is 4.67. The number of halogens is 1. The third-order valence-corrected chi connectivity index (χ3v) is 3.12. The summed E-state index contributed by atoms with van der Waals surface area (Å²) >= 11 is 0. The van der Waals surface area contributed by atoms with Crippen molar-refractivity contribution in [1.82, 2.24) is 10.6 Å². The van der Waals surface area contributed by atoms with Gasteiger partial charge in [-0.05, 0) is 50.8 Å². The van der Waals surface area contributed by atoms with Crippen LogP contribution < -0.4 is 10.6 Å². The van der Waals surface area contributed by atoms with Gasteiger partial charge in [0, 0.05) is 13.1 Å². The highest BCUT2D eigenvalue weighted by Gasteiger charge is 2.04. The van der Waals surface area contributed by atoms with Crippen LogP contribution in [0.25, 0.3) is 0 Å². The standard InChI is InChI=1S/C16H27N3.HI/c1-6-8-18-16(17-7-2)19-11-15-13(4)9-12(3)10-14(15)5;/h9-10H,6-8,11H2,1-5H3,(H2,17,18,19);1H. The van der Waals surface area contributed by atoms with Gasteiger partial charge in [-0.1, -0.05) is 24.6 Å². The van der Waals surface area contributed by atoms with Crippen LogP contribution in [-0.2, 0) is 6.54 Å². The minimum Gasteiger partial charge on any atom is -0.357 e. The predicted molar refractivity (Wildman–Crippen MR) is 99.2 cm³/mol. The van der Waals surface area contributed by atoms with Crippen molar-refractivity contribution in [3.05, 3.63) is 34.4 Å². The predicted octanol–water partition coefficient (Wildman–Crippen LogP) is 3.69. The normalized spacial score (nSPS) is 10.9. The number of rotatable bonds is 5. The Morgan fingerprint density at radius 2 is 1.65 bits per heavy atom. The maximum Gasteiger partial charge on any atom is 0.191 e. The molecule has 1 aromatic carbocycles. The Bertz CT molecular complexity index is 418. The maximum atomic E-state index is 4.67. The van der Waals surface area contributed by atoms with Gasteiger partial charge in [0.15, 0.2) is 5.96 Å². The lowest BCUT2D eigenvalue weighted by Crippen LogP contribution is -2.37. The molecule has 0 saturated carbocycles. The molecular formula is C16H28IN3. The second kappa shape index (κ2) is 10.0. The molecule has 0 aliphatic rings. The van der Waals surface area contributed by atoms with Crippen molar-refractivity contribution in [1.29, 1.82) is 0 Å². The zero-order valence-corrected chi connectivity index (χ0v) is 15.7. The van der Waals surface area contributed by atoms with Crippen LogP contribution in [0.15, 0.2) is 17.1 Å². The molecule has 1 aromatic rings. The van der Waals surface area contributed by atoms with Crippen LogP contribution in [0, 0.1) is 20.8 Å². The smallest absolute Gasteiger partial charge is 0.191 e. The summed E-state index contributed by atoms with van der Waals surface area (Å²) in [7, 11) is 0. The van der Waals surface area contributed by atoms with Crippen molar-refractivity contribution in [3.8, 4) is 0 Å². The minimum absolute atomic E-state index is 0. The monoisotopic (exact) mass is 389 g/mol. The Hall–Kier alpha value is -0.780. The fourth-order valence-electron chi connectivity index (χ4n) is 2.20. The van der Waals surface area contributed by atoms with E-state index in [4.69, 9.17) is 0 Å². The second-order valence-electron chi connectivity index (χ2n) is 5.00. The Labute approximate surface area is 140 Å². The first-order valence-electron chi connectivity index (χ1n) is 7.17. The second-order valence-corrected chi connectivity index (χ2v) is 5.00. The summed E-state index contributed by atoms with van der Waals surface area (Å²) in [6.45, 7) is 13.3. The highest BCUT2D eigenvalue weighted by Crippen LogP contribution is 2.17. The molecule has 0 radical (unpaired) electrons. The van der Waals surface area contributed by atoms with Crippen LogP contribution in [0.1, 0.15) is 42.5 Å². The average molecular weight is 389 g/mol. The molecule has 0 aliphatic heterocycles. The van der Waals surface area contributed by atoms with E-state index in [0.29, 0.717) is 0 Å². The molecule has 1 rings (SSSR count). The lowest BCUT2D eigenvalue weighted by Gasteiger charge is -2.12. The van der Waals surface area contributed by atoms with E-state index in [-0.39, 0.29) is 24.0 Å². The highest BCUT2D eigenvalue weighted by atomic mass is 127. The van der Waals surface area contributed by atoms with Crippen LogP contribution in [-0.4, -0.2) is 19.0 Å². The molecule has 0 atom stereocenters. The molecule has 2 N–H and O–H groups in total. The van der Waals surface area contributed by atoms with E-state index in [0.717, 1.165) is 32.0 Å². The van der Waals surface area contributed by atoms with Gasteiger partial charge in [-0.2, -0.15) is 0 Å². The van der Waals surface area contributed by atoms with Crippen LogP contribution in [0.4, 0.5) is 0 Å². The topological polar surface area (TPSA) is 36.4 Å². The first-order chi connectivity index (χ1) is 9.08. The molecule has 0 aromatic heterocycles. The quantitative estimate of drug-likeness (QED) is 0.458. The number of guanidine groups is 1. The van der Waals surface area contributed by atoms with Gasteiger partial charge in [-0.25, -0.2) is 4.99 Å². The summed E-state index contributed by atoms with van der Waals surface area (Å²) in [5.41, 5.74) is 5.30. The fourth-order valence-corrected chi connectivity index (χ4v) is 2.20. The molecule has 0 amide bonds. The van der Waals surface area contributed by atoms with Gasteiger partial charge in [0.2, 0.25) is 0 Å². The van der Waals surface area contributed by atoms with Gasteiger partial charge in [0.05, 0.1) is 6.54 Å². The summed E-state index contributed by atoms with van der Waals surface area (Å²) in [6.07, 6.45) is 1.10. The Balaban J connectivity index is 0.00000361. The van der Waals surface area contributed by atoms with Crippen molar-refractivity contribution in [2.24, 2.45) is 4.99 Å². The summed E-state index contributed by atoms with van der Waals surface area (Å²) in [4.78, 5) is 4.67. The number of hydrogen-bond acceptors (Lipinski definition) is 1. The minimum atomic E-state index is 0. The summed E-state index contributed by atoms with van der Waals surface area (Å²) in [6, 6.07) is 4.45. The molecule has 3 nitrogen and oxygen atoms in total. The van der Waals surface area contributed by atoms with Crippen LogP contribution in [0.2, 0.25) is 0 Å². The Morgan fingerprint density at radius 3 is 2.15 bits per heavy atom. The van der Waals surface area contributed by atoms with Gasteiger partial charge in [0.1, 0.15) is 0 Å². The van der Waals surface area contributed by atoms with Crippen molar-refractivity contribution in [2.45, 2.75) is 47.6 Å². The van der Waals surface area contributed by atoms with E-state index in [1.165, 1.54) is 22.3 Å². The number of aryl methyl sites for hydroxylation is 3. The van der Waals surface area contributed by atoms with E-state index in [9.17, 15) is 0 Å². The number of aliphatic imine (C=N–C) groups is 1. The average Bonchev–Trinajstić information content (AvgIpc) is 2.34. The Kier molecular flexibility index (Phi) is 9.63. The molecule has 0 saturated heterocycles. The zero-order valence-electron chi connectivity index (χ0n) is 13.3. The molecule has 0 unspecified atom stereocenters. The van der Waals surface area contributed by atoms with E-state index >= 15 is 0 Å². The largest absolute Gasteiger partial charge is 0.357 e. The fraction of sp³-hybridized carbons (Fsp3) is 0.562. The summed E-state index contributed by atoms with van der Waals surface area (Å²) < 4.78 is 0. The first kappa shape index (κ1) is 19.2. The van der Waals surface area contributed by atoms with Crippen LogP contribution in [0.3, 0.4) is 0 Å². The molecule has 114 valence electrons. The van der Waals surface area contributed by atoms with E-state index < -0.39 is 0 Å². The van der Waals surface area contributed by atoms with Crippen LogP contribution >= 0.6 is 24.0 Å². The van der Waals surface area contributed by atoms with Crippen molar-refractivity contribution in [2.75, 3.05) is 13.1 Å². The van der Waals surface area contributed by atoms with Gasteiger partial charge < -0.3 is 10.6 Å². The molecule has 0 bridgehead atoms. The molecule has 0 spiro atoms. The van der Waals surface area contributed by atoms with Gasteiger partial charge in [-0.15, -0.1) is 24.0 Å². The Morgan fingerprint density at radius 1 is 1.05 bits per heavy atom. The zero-order chi connectivity index (χ0) is 14.3. The highest BCUT2D eigenvalue weighted by molar-refractivity contribution is 14.0. The van der Waals surface area contributed by atoms with Crippen LogP contribution in [0.5, 0.6) is 0 Å².